The molecule has 3 N–H and O–H groups in total. The quantitative estimate of drug-likeness (QED) is 0.0918. The fraction of sp³-hybridized carbons (Fsp3) is 0.0870. The number of hydrogen-bond acceptors (Lipinski definition) is 5. The van der Waals surface area contributed by atoms with Gasteiger partial charge in [-0.15, -0.1) is 0 Å². The molecule has 0 aliphatic heterocycles. The standard InChI is InChI=1S/C18H15P.2C2H4O2.CHO3.2Cs.Cu.HI.Pd/c1-4-10-16(11-5-1)19(17-12-6-2-7-13-17)18-14-8-3-9-15-18;2*1-2(3)4;2-1-4-3;;;;;/h1-15H;2*1H3,(H,3,4);3H;;;;1H;/q;;;-1;;;+2;;/p-1. The van der Waals surface area contributed by atoms with E-state index in [1.807, 2.05) is 0 Å². The summed E-state index contributed by atoms with van der Waals surface area (Å²) >= 11 is 5.87. The van der Waals surface area contributed by atoms with E-state index in [1.54, 1.807) is 20.3 Å². The molecule has 13 heteroatoms. The Morgan fingerprint density at radius 3 is 1.03 bits per heavy atom. The van der Waals surface area contributed by atoms with Gasteiger partial charge in [-0.2, -0.15) is 0 Å². The van der Waals surface area contributed by atoms with Crippen LogP contribution in [0.2, 0.25) is 0 Å². The molecule has 0 saturated carbocycles. The summed E-state index contributed by atoms with van der Waals surface area (Å²) in [5.74, 6) is -1.67. The van der Waals surface area contributed by atoms with Gasteiger partial charge in [-0.05, 0) is 30.3 Å². The van der Waals surface area contributed by atoms with Gasteiger partial charge >= 0.3 is 33.1 Å². The summed E-state index contributed by atoms with van der Waals surface area (Å²) in [5, 5.41) is 26.0. The number of carbonyl (C=O) groups is 2. The van der Waals surface area contributed by atoms with Crippen molar-refractivity contribution in [3.8, 4) is 0 Å². The first-order chi connectivity index (χ1) is 15.8. The SMILES string of the molecule is CC(=O)O.CC(=O)O.O=[C-]OO.[Cs].[Cs].[Cu+][I].[Pd].c1ccc(P(c2ccccc2)c2ccccc2)cc1. The second kappa shape index (κ2) is 35.5. The maximum absolute atomic E-state index is 9.00. The fourth-order valence-electron chi connectivity index (χ4n) is 2.18. The molecule has 0 amide bonds. The number of carboxylic acids is 2. The summed E-state index contributed by atoms with van der Waals surface area (Å²) in [5.41, 5.74) is 0. The van der Waals surface area contributed by atoms with E-state index in [4.69, 9.17) is 29.9 Å². The number of halogens is 1. The van der Waals surface area contributed by atoms with Crippen LogP contribution in [0, 0.1) is 0 Å². The number of rotatable bonds is 4. The van der Waals surface area contributed by atoms with Gasteiger partial charge in [0, 0.05) is 172 Å². The molecule has 0 saturated heterocycles. The van der Waals surface area contributed by atoms with Crippen LogP contribution in [0.15, 0.2) is 91.0 Å². The van der Waals surface area contributed by atoms with Crippen LogP contribution in [-0.4, -0.2) is 172 Å². The normalized spacial score (nSPS) is 7.75. The Balaban J connectivity index is -0.000000160. The van der Waals surface area contributed by atoms with E-state index in [0.717, 1.165) is 20.3 Å². The Morgan fingerprint density at radius 1 is 0.722 bits per heavy atom. The first kappa shape index (κ1) is 48.2. The van der Waals surface area contributed by atoms with E-state index in [1.165, 1.54) is 15.9 Å². The Kier molecular flexibility index (Phi) is 47.6. The van der Waals surface area contributed by atoms with Crippen molar-refractivity contribution in [1.29, 1.82) is 0 Å². The molecule has 36 heavy (non-hydrogen) atoms. The van der Waals surface area contributed by atoms with Crippen molar-refractivity contribution in [2.45, 2.75) is 13.8 Å². The number of hydrogen-bond donors (Lipinski definition) is 3. The Labute approximate surface area is 364 Å². The molecule has 3 aromatic carbocycles. The third-order valence-corrected chi connectivity index (χ3v) is 5.52. The van der Waals surface area contributed by atoms with Crippen molar-refractivity contribution in [3.05, 3.63) is 91.0 Å². The summed E-state index contributed by atoms with van der Waals surface area (Å²) in [4.78, 5) is 29.3. The molecule has 0 bridgehead atoms. The molecular weight excluding hydrogens is 982 g/mol. The van der Waals surface area contributed by atoms with E-state index in [-0.39, 0.29) is 158 Å². The second-order valence-corrected chi connectivity index (χ2v) is 7.77. The molecule has 0 unspecified atom stereocenters. The minimum Gasteiger partial charge on any atom is -0.0622 e. The first-order valence-corrected chi connectivity index (χ1v) is 13.3. The maximum Gasteiger partial charge on any atom is 0 e. The van der Waals surface area contributed by atoms with Gasteiger partial charge in [-0.3, -0.25) is 9.59 Å². The molecule has 7 nitrogen and oxygen atoms in total. The number of benzene rings is 3. The van der Waals surface area contributed by atoms with Gasteiger partial charge in [0.15, 0.2) is 0 Å². The summed E-state index contributed by atoms with van der Waals surface area (Å²) in [6.07, 6.45) is 0. The van der Waals surface area contributed by atoms with Crippen molar-refractivity contribution in [2.24, 2.45) is 0 Å². The summed E-state index contributed by atoms with van der Waals surface area (Å²) < 4.78 is 0. The van der Waals surface area contributed by atoms with E-state index < -0.39 is 19.9 Å². The fourth-order valence-corrected chi connectivity index (χ4v) is 4.48. The largest absolute Gasteiger partial charge is 0.0622 e. The molecular formula is C23H24Cs2CuIO7PPd. The van der Waals surface area contributed by atoms with E-state index in [0.29, 0.717) is 0 Å². The van der Waals surface area contributed by atoms with Crippen LogP contribution in [0.25, 0.3) is 0 Å². The van der Waals surface area contributed by atoms with E-state index >= 15 is 0 Å². The van der Waals surface area contributed by atoms with E-state index in [9.17, 15) is 0 Å². The number of carboxylic acid groups (broad SMARTS) is 2. The predicted octanol–water partition coefficient (Wildman–Crippen LogP) is 3.29. The molecule has 0 aromatic heterocycles. The molecule has 0 aliphatic carbocycles. The van der Waals surface area contributed by atoms with Crippen molar-refractivity contribution in [3.63, 3.8) is 0 Å². The van der Waals surface area contributed by atoms with Crippen LogP contribution in [0.3, 0.4) is 0 Å². The molecule has 0 aliphatic rings. The van der Waals surface area contributed by atoms with Crippen LogP contribution in [0.1, 0.15) is 13.8 Å². The summed E-state index contributed by atoms with van der Waals surface area (Å²) in [6.45, 7) is 2.90. The summed E-state index contributed by atoms with van der Waals surface area (Å²) in [7, 11) is -0.446. The first-order valence-electron chi connectivity index (χ1n) is 8.96. The van der Waals surface area contributed by atoms with Crippen molar-refractivity contribution >= 4 is 200 Å². The minimum absolute atomic E-state index is 0. The van der Waals surface area contributed by atoms with Crippen LogP contribution in [0.5, 0.6) is 0 Å². The molecule has 3 rings (SSSR count). The smallest absolute Gasteiger partial charge is 0 e. The monoisotopic (exact) mass is 1000 g/mol. The van der Waals surface area contributed by atoms with Gasteiger partial charge in [0.1, 0.15) is 0 Å². The zero-order chi connectivity index (χ0) is 25.5. The molecule has 193 valence electrons. The third-order valence-electron chi connectivity index (χ3n) is 3.08. The Morgan fingerprint density at radius 2 is 0.889 bits per heavy atom. The maximum atomic E-state index is 9.00. The molecule has 0 fully saturated rings. The van der Waals surface area contributed by atoms with Gasteiger partial charge < -0.3 is 19.9 Å². The Hall–Kier alpha value is 2.48. The molecule has 0 atom stereocenters. The second-order valence-electron chi connectivity index (χ2n) is 5.55. The molecule has 2 radical (unpaired) electrons. The third kappa shape index (κ3) is 29.5. The molecule has 3 aromatic rings. The zero-order valence-corrected chi connectivity index (χ0v) is 38.2. The van der Waals surface area contributed by atoms with Crippen molar-refractivity contribution < 1.29 is 67.9 Å². The number of aliphatic carboxylic acids is 2. The van der Waals surface area contributed by atoms with Crippen LogP contribution < -0.4 is 15.9 Å². The van der Waals surface area contributed by atoms with Crippen molar-refractivity contribution in [1.82, 2.24) is 0 Å². The number of carbonyl (C=O) groups excluding carboxylic acids is 1. The average molecular weight is 1010 g/mol. The van der Waals surface area contributed by atoms with Gasteiger partial charge in [-0.25, -0.2) is 5.26 Å². The van der Waals surface area contributed by atoms with Crippen LogP contribution in [-0.2, 0) is 52.5 Å². The predicted molar refractivity (Wildman–Crippen MR) is 147 cm³/mol. The Bertz CT molecular complexity index is 789. The topological polar surface area (TPSA) is 121 Å². The molecule has 0 heterocycles. The van der Waals surface area contributed by atoms with Gasteiger partial charge in [-0.1, -0.05) is 91.0 Å². The van der Waals surface area contributed by atoms with Crippen LogP contribution in [0.4, 0.5) is 0 Å². The zero-order valence-electron chi connectivity index (χ0n) is 20.1. The van der Waals surface area contributed by atoms with Gasteiger partial charge in [0.25, 0.3) is 11.9 Å². The minimum atomic E-state index is -0.833. The summed E-state index contributed by atoms with van der Waals surface area (Å²) in [6, 6.07) is 32.3. The van der Waals surface area contributed by atoms with Gasteiger partial charge in [0.2, 0.25) is 0 Å². The molecule has 0 spiro atoms. The van der Waals surface area contributed by atoms with Crippen LogP contribution >= 0.6 is 28.3 Å². The van der Waals surface area contributed by atoms with E-state index in [2.05, 4.69) is 109 Å². The van der Waals surface area contributed by atoms with Crippen molar-refractivity contribution in [2.75, 3.05) is 0 Å². The average Bonchev–Trinajstić information content (AvgIpc) is 2.82. The van der Waals surface area contributed by atoms with Gasteiger partial charge in [0.05, 0.1) is 0 Å².